The molecule has 0 saturated carbocycles. The third kappa shape index (κ3) is 5.75. The van der Waals surface area contributed by atoms with Crippen LogP contribution in [0.1, 0.15) is 38.2 Å². The van der Waals surface area contributed by atoms with Crippen molar-refractivity contribution in [2.24, 2.45) is 0 Å². The summed E-state index contributed by atoms with van der Waals surface area (Å²) in [6.45, 7) is 2.21. The van der Waals surface area contributed by atoms with Gasteiger partial charge in [0, 0.05) is 6.42 Å². The molecule has 1 aromatic rings. The van der Waals surface area contributed by atoms with Crippen molar-refractivity contribution in [3.05, 3.63) is 42.0 Å². The van der Waals surface area contributed by atoms with Crippen LogP contribution in [0.3, 0.4) is 0 Å². The van der Waals surface area contributed by atoms with Crippen molar-refractivity contribution in [1.29, 1.82) is 0 Å². The first-order chi connectivity index (χ1) is 7.43. The number of allylic oxidation sites excluding steroid dienone is 1. The molecular formula is C15H18. The van der Waals surface area contributed by atoms with Gasteiger partial charge in [0.05, 0.1) is 0 Å². The monoisotopic (exact) mass is 198 g/mol. The number of hydrogen-bond donors (Lipinski definition) is 0. The van der Waals surface area contributed by atoms with Crippen molar-refractivity contribution >= 4 is 6.08 Å². The van der Waals surface area contributed by atoms with Crippen LogP contribution in [0.15, 0.2) is 36.4 Å². The fourth-order valence-corrected chi connectivity index (χ4v) is 1.30. The van der Waals surface area contributed by atoms with Gasteiger partial charge in [0.15, 0.2) is 0 Å². The Bertz CT molecular complexity index is 335. The second kappa shape index (κ2) is 7.88. The maximum atomic E-state index is 3.15. The summed E-state index contributed by atoms with van der Waals surface area (Å²) in [4.78, 5) is 0. The van der Waals surface area contributed by atoms with Crippen molar-refractivity contribution in [3.8, 4) is 11.8 Å². The Morgan fingerprint density at radius 1 is 1.13 bits per heavy atom. The molecule has 0 N–H and O–H groups in total. The Morgan fingerprint density at radius 3 is 2.67 bits per heavy atom. The minimum absolute atomic E-state index is 1.02. The van der Waals surface area contributed by atoms with E-state index in [1.165, 1.54) is 24.8 Å². The van der Waals surface area contributed by atoms with Crippen LogP contribution in [0, 0.1) is 11.8 Å². The van der Waals surface area contributed by atoms with Crippen molar-refractivity contribution < 1.29 is 0 Å². The first kappa shape index (κ1) is 11.6. The molecule has 0 heteroatoms. The second-order valence-electron chi connectivity index (χ2n) is 3.52. The van der Waals surface area contributed by atoms with E-state index in [-0.39, 0.29) is 0 Å². The molecule has 0 unspecified atom stereocenters. The normalized spacial score (nSPS) is 9.93. The molecule has 0 saturated heterocycles. The molecule has 0 spiro atoms. The highest BCUT2D eigenvalue weighted by Gasteiger charge is 1.81. The van der Waals surface area contributed by atoms with E-state index in [0.29, 0.717) is 0 Å². The smallest absolute Gasteiger partial charge is 0.00922 e. The van der Waals surface area contributed by atoms with Crippen LogP contribution < -0.4 is 0 Å². The molecule has 1 rings (SSSR count). The predicted octanol–water partition coefficient (Wildman–Crippen LogP) is 4.28. The molecule has 78 valence electrons. The molecule has 0 atom stereocenters. The van der Waals surface area contributed by atoms with Gasteiger partial charge in [-0.05, 0) is 24.1 Å². The average molecular weight is 198 g/mol. The Morgan fingerprint density at radius 2 is 1.93 bits per heavy atom. The summed E-state index contributed by atoms with van der Waals surface area (Å²) in [5, 5.41) is 0. The minimum Gasteiger partial charge on any atom is -0.0985 e. The van der Waals surface area contributed by atoms with Gasteiger partial charge in [-0.1, -0.05) is 61.9 Å². The van der Waals surface area contributed by atoms with E-state index in [1.54, 1.807) is 0 Å². The average Bonchev–Trinajstić information content (AvgIpc) is 2.29. The topological polar surface area (TPSA) is 0 Å². The fraction of sp³-hybridized carbons (Fsp3) is 0.333. The summed E-state index contributed by atoms with van der Waals surface area (Å²) < 4.78 is 0. The number of unbranched alkanes of at least 4 members (excludes halogenated alkanes) is 3. The maximum absolute atomic E-state index is 3.15. The summed E-state index contributed by atoms with van der Waals surface area (Å²) in [5.41, 5.74) is 1.21. The van der Waals surface area contributed by atoms with Crippen LogP contribution in [-0.2, 0) is 0 Å². The lowest BCUT2D eigenvalue weighted by Crippen LogP contribution is -1.70. The molecule has 0 nitrogen and oxygen atoms in total. The van der Waals surface area contributed by atoms with E-state index in [1.807, 2.05) is 30.4 Å². The molecule has 0 heterocycles. The van der Waals surface area contributed by atoms with E-state index < -0.39 is 0 Å². The number of benzene rings is 1. The largest absolute Gasteiger partial charge is 0.0985 e. The maximum Gasteiger partial charge on any atom is 0.00922 e. The van der Waals surface area contributed by atoms with Gasteiger partial charge < -0.3 is 0 Å². The van der Waals surface area contributed by atoms with Crippen LogP contribution in [0.25, 0.3) is 6.08 Å². The minimum atomic E-state index is 1.02. The van der Waals surface area contributed by atoms with Gasteiger partial charge in [-0.15, -0.1) is 0 Å². The van der Waals surface area contributed by atoms with E-state index >= 15 is 0 Å². The quantitative estimate of drug-likeness (QED) is 0.500. The summed E-state index contributed by atoms with van der Waals surface area (Å²) in [5.74, 6) is 6.22. The first-order valence-electron chi connectivity index (χ1n) is 5.63. The van der Waals surface area contributed by atoms with Crippen LogP contribution in [0.4, 0.5) is 0 Å². The highest BCUT2D eigenvalue weighted by atomic mass is 13.9. The standard InChI is InChI=1S/C15H18/c1-2-3-4-5-6-7-9-12-15-13-10-8-11-14-15/h8-14H,2-5H2,1H3/b12-9+. The molecule has 0 aliphatic rings. The van der Waals surface area contributed by atoms with E-state index in [9.17, 15) is 0 Å². The SMILES string of the molecule is CCCCCC#C/C=C/c1ccccc1. The summed E-state index contributed by atoms with van der Waals surface area (Å²) in [6, 6.07) is 10.3. The third-order valence-electron chi connectivity index (χ3n) is 2.17. The van der Waals surface area contributed by atoms with Crippen molar-refractivity contribution in [3.63, 3.8) is 0 Å². The van der Waals surface area contributed by atoms with Gasteiger partial charge in [0.2, 0.25) is 0 Å². The fourth-order valence-electron chi connectivity index (χ4n) is 1.30. The molecule has 15 heavy (non-hydrogen) atoms. The lowest BCUT2D eigenvalue weighted by molar-refractivity contribution is 0.737. The van der Waals surface area contributed by atoms with Crippen molar-refractivity contribution in [2.75, 3.05) is 0 Å². The van der Waals surface area contributed by atoms with Gasteiger partial charge in [0.25, 0.3) is 0 Å². The van der Waals surface area contributed by atoms with Gasteiger partial charge in [-0.25, -0.2) is 0 Å². The number of hydrogen-bond acceptors (Lipinski definition) is 0. The summed E-state index contributed by atoms with van der Waals surface area (Å²) in [7, 11) is 0. The Balaban J connectivity index is 2.27. The molecule has 0 bridgehead atoms. The van der Waals surface area contributed by atoms with Crippen LogP contribution in [-0.4, -0.2) is 0 Å². The highest BCUT2D eigenvalue weighted by molar-refractivity contribution is 5.52. The first-order valence-corrected chi connectivity index (χ1v) is 5.63. The summed E-state index contributed by atoms with van der Waals surface area (Å²) in [6.07, 6.45) is 8.78. The zero-order valence-electron chi connectivity index (χ0n) is 9.37. The predicted molar refractivity (Wildman–Crippen MR) is 67.4 cm³/mol. The van der Waals surface area contributed by atoms with Crippen LogP contribution in [0.5, 0.6) is 0 Å². The lowest BCUT2D eigenvalue weighted by Gasteiger charge is -1.88. The van der Waals surface area contributed by atoms with Crippen LogP contribution >= 0.6 is 0 Å². The molecule has 1 aromatic carbocycles. The van der Waals surface area contributed by atoms with Crippen molar-refractivity contribution in [1.82, 2.24) is 0 Å². The third-order valence-corrected chi connectivity index (χ3v) is 2.17. The van der Waals surface area contributed by atoms with E-state index in [2.05, 4.69) is 30.9 Å². The van der Waals surface area contributed by atoms with E-state index in [4.69, 9.17) is 0 Å². The zero-order chi connectivity index (χ0) is 10.8. The van der Waals surface area contributed by atoms with Gasteiger partial charge in [-0.2, -0.15) is 0 Å². The molecule has 0 amide bonds. The molecule has 0 aliphatic carbocycles. The van der Waals surface area contributed by atoms with Crippen LogP contribution in [0.2, 0.25) is 0 Å². The molecule has 0 radical (unpaired) electrons. The molecule has 0 aromatic heterocycles. The number of rotatable bonds is 4. The Hall–Kier alpha value is -1.48. The lowest BCUT2D eigenvalue weighted by atomic mass is 10.2. The van der Waals surface area contributed by atoms with Gasteiger partial charge in [-0.3, -0.25) is 0 Å². The highest BCUT2D eigenvalue weighted by Crippen LogP contribution is 2.00. The van der Waals surface area contributed by atoms with Gasteiger partial charge >= 0.3 is 0 Å². The molecular weight excluding hydrogens is 180 g/mol. The molecule has 0 fully saturated rings. The Kier molecular flexibility index (Phi) is 6.09. The van der Waals surface area contributed by atoms with Gasteiger partial charge in [0.1, 0.15) is 0 Å². The van der Waals surface area contributed by atoms with E-state index in [0.717, 1.165) is 6.42 Å². The second-order valence-corrected chi connectivity index (χ2v) is 3.52. The molecule has 0 aliphatic heterocycles. The Labute approximate surface area is 93.0 Å². The zero-order valence-corrected chi connectivity index (χ0v) is 9.37. The van der Waals surface area contributed by atoms with Crippen molar-refractivity contribution in [2.45, 2.75) is 32.6 Å². The summed E-state index contributed by atoms with van der Waals surface area (Å²) >= 11 is 0.